The topological polar surface area (TPSA) is 62.1 Å². The number of anilines is 1. The molecule has 1 N–H and O–H groups in total. The third-order valence-electron chi connectivity index (χ3n) is 4.46. The number of likely N-dealkylation sites (N-methyl/N-ethyl adjacent to an activating group) is 1. The number of carbonyl (C=O) groups excluding carboxylic acids is 1. The minimum atomic E-state index is -4.59. The van der Waals surface area contributed by atoms with Gasteiger partial charge in [0.1, 0.15) is 6.54 Å². The van der Waals surface area contributed by atoms with Crippen LogP contribution in [0.2, 0.25) is 0 Å². The molecule has 0 saturated carbocycles. The quantitative estimate of drug-likeness (QED) is 0.777. The number of hydrogen-bond acceptors (Lipinski definition) is 3. The smallest absolute Gasteiger partial charge is 0.332 e. The molecule has 0 spiro atoms. The highest BCUT2D eigenvalue weighted by atomic mass is 32.2. The molecule has 1 aliphatic rings. The summed E-state index contributed by atoms with van der Waals surface area (Å²) in [6.45, 7) is 5.02. The van der Waals surface area contributed by atoms with Crippen molar-refractivity contribution in [3.8, 4) is 0 Å². The fourth-order valence-corrected chi connectivity index (χ4v) is 3.73. The molecule has 0 atom stereocenters. The first-order valence-corrected chi connectivity index (χ1v) is 10.1. The van der Waals surface area contributed by atoms with E-state index in [9.17, 15) is 26.4 Å². The van der Waals surface area contributed by atoms with Gasteiger partial charge in [0.05, 0.1) is 50.2 Å². The molecule has 6 nitrogen and oxygen atoms in total. The lowest BCUT2D eigenvalue weighted by Crippen LogP contribution is -3.14. The summed E-state index contributed by atoms with van der Waals surface area (Å²) in [4.78, 5) is 15.4. The Morgan fingerprint density at radius 3 is 2.38 bits per heavy atom. The number of quaternary nitrogens is 1. The Hall–Kier alpha value is -1.81. The van der Waals surface area contributed by atoms with Crippen molar-refractivity contribution < 1.29 is 31.3 Å². The van der Waals surface area contributed by atoms with Gasteiger partial charge in [-0.15, -0.1) is 0 Å². The number of benzene rings is 1. The zero-order chi connectivity index (χ0) is 19.5. The second kappa shape index (κ2) is 7.83. The number of rotatable bonds is 5. The second-order valence-corrected chi connectivity index (χ2v) is 8.21. The van der Waals surface area contributed by atoms with Crippen LogP contribution in [-0.4, -0.2) is 64.7 Å². The van der Waals surface area contributed by atoms with E-state index in [4.69, 9.17) is 0 Å². The van der Waals surface area contributed by atoms with E-state index in [1.165, 1.54) is 11.0 Å². The normalized spacial score (nSPS) is 16.6. The first kappa shape index (κ1) is 20.5. The van der Waals surface area contributed by atoms with Gasteiger partial charge in [-0.05, 0) is 25.1 Å². The maximum Gasteiger partial charge on any atom is 0.416 e. The van der Waals surface area contributed by atoms with Crippen molar-refractivity contribution in [2.75, 3.05) is 49.8 Å². The van der Waals surface area contributed by atoms with Gasteiger partial charge in [0.15, 0.2) is 0 Å². The van der Waals surface area contributed by atoms with Crippen molar-refractivity contribution in [2.45, 2.75) is 13.1 Å². The zero-order valence-corrected chi connectivity index (χ0v) is 15.5. The predicted octanol–water partition coefficient (Wildman–Crippen LogP) is 0.218. The number of nitrogens with one attached hydrogen (secondary N) is 1. The molecule has 0 unspecified atom stereocenters. The Kier molecular flexibility index (Phi) is 6.17. The van der Waals surface area contributed by atoms with Gasteiger partial charge in [-0.3, -0.25) is 9.10 Å². The summed E-state index contributed by atoms with van der Waals surface area (Å²) >= 11 is 0. The van der Waals surface area contributed by atoms with Gasteiger partial charge >= 0.3 is 6.18 Å². The van der Waals surface area contributed by atoms with Gasteiger partial charge in [0.25, 0.3) is 0 Å². The van der Waals surface area contributed by atoms with E-state index >= 15 is 0 Å². The molecule has 0 aliphatic carbocycles. The third-order valence-corrected chi connectivity index (χ3v) is 5.60. The maximum atomic E-state index is 12.9. The van der Waals surface area contributed by atoms with Crippen LogP contribution < -0.4 is 9.21 Å². The molecule has 1 aromatic carbocycles. The van der Waals surface area contributed by atoms with Crippen molar-refractivity contribution in [1.29, 1.82) is 0 Å². The molecule has 1 amide bonds. The molecule has 0 aromatic heterocycles. The van der Waals surface area contributed by atoms with Crippen molar-refractivity contribution >= 4 is 21.6 Å². The van der Waals surface area contributed by atoms with Crippen LogP contribution >= 0.6 is 0 Å². The Balaban J connectivity index is 2.20. The highest BCUT2D eigenvalue weighted by Gasteiger charge is 2.32. The van der Waals surface area contributed by atoms with Gasteiger partial charge in [-0.1, -0.05) is 6.07 Å². The molecule has 26 heavy (non-hydrogen) atoms. The molecule has 0 bridgehead atoms. The summed E-state index contributed by atoms with van der Waals surface area (Å²) < 4.78 is 63.6. The van der Waals surface area contributed by atoms with E-state index < -0.39 is 34.2 Å². The summed E-state index contributed by atoms with van der Waals surface area (Å²) in [5, 5.41) is 0. The highest BCUT2D eigenvalue weighted by Crippen LogP contribution is 2.32. The minimum absolute atomic E-state index is 0.173. The van der Waals surface area contributed by atoms with Crippen molar-refractivity contribution in [1.82, 2.24) is 4.90 Å². The summed E-state index contributed by atoms with van der Waals surface area (Å²) in [5.74, 6) is -0.414. The summed E-state index contributed by atoms with van der Waals surface area (Å²) in [5.41, 5.74) is -1.13. The first-order valence-electron chi connectivity index (χ1n) is 8.28. The fourth-order valence-electron chi connectivity index (χ4n) is 2.89. The lowest BCUT2D eigenvalue weighted by molar-refractivity contribution is -0.902. The van der Waals surface area contributed by atoms with Crippen molar-refractivity contribution in [3.05, 3.63) is 29.8 Å². The van der Waals surface area contributed by atoms with Crippen LogP contribution in [0.25, 0.3) is 0 Å². The number of halogens is 3. The standard InChI is InChI=1S/C16H22F3N3O3S/c1-3-20-7-9-21(10-8-20)15(23)12-22(26(2,24)25)14-6-4-5-13(11-14)16(17,18)19/h4-6,11H,3,7-10,12H2,1-2H3/p+1. The van der Waals surface area contributed by atoms with E-state index in [0.717, 1.165) is 48.4 Å². The average Bonchev–Trinajstić information content (AvgIpc) is 2.58. The number of piperazine rings is 1. The number of sulfonamides is 1. The monoisotopic (exact) mass is 394 g/mol. The number of hydrogen-bond donors (Lipinski definition) is 1. The van der Waals surface area contributed by atoms with Gasteiger partial charge in [0.2, 0.25) is 15.9 Å². The molecule has 1 aromatic rings. The largest absolute Gasteiger partial charge is 0.416 e. The average molecular weight is 394 g/mol. The second-order valence-electron chi connectivity index (χ2n) is 6.30. The number of carbonyl (C=O) groups is 1. The van der Waals surface area contributed by atoms with Crippen LogP contribution in [0.4, 0.5) is 18.9 Å². The molecule has 146 valence electrons. The number of alkyl halides is 3. The molecule has 1 heterocycles. The Morgan fingerprint density at radius 1 is 1.27 bits per heavy atom. The lowest BCUT2D eigenvalue weighted by Gasteiger charge is -2.33. The third kappa shape index (κ3) is 5.10. The van der Waals surface area contributed by atoms with Crippen LogP contribution in [0, 0.1) is 0 Å². The lowest BCUT2D eigenvalue weighted by atomic mass is 10.2. The van der Waals surface area contributed by atoms with E-state index in [-0.39, 0.29) is 5.69 Å². The van der Waals surface area contributed by atoms with Gasteiger partial charge in [-0.2, -0.15) is 13.2 Å². The predicted molar refractivity (Wildman–Crippen MR) is 91.5 cm³/mol. The van der Waals surface area contributed by atoms with E-state index in [0.29, 0.717) is 13.1 Å². The van der Waals surface area contributed by atoms with Crippen molar-refractivity contribution in [3.63, 3.8) is 0 Å². The summed E-state index contributed by atoms with van der Waals surface area (Å²) in [7, 11) is -3.92. The Morgan fingerprint density at radius 2 is 1.88 bits per heavy atom. The molecule has 0 radical (unpaired) electrons. The molecular formula is C16H23F3N3O3S+. The van der Waals surface area contributed by atoms with E-state index in [1.54, 1.807) is 4.90 Å². The minimum Gasteiger partial charge on any atom is -0.332 e. The Labute approximate surface area is 151 Å². The molecule has 10 heteroatoms. The van der Waals surface area contributed by atoms with E-state index in [2.05, 4.69) is 0 Å². The fraction of sp³-hybridized carbons (Fsp3) is 0.562. The van der Waals surface area contributed by atoms with Crippen LogP contribution in [0.15, 0.2) is 24.3 Å². The summed E-state index contributed by atoms with van der Waals surface area (Å²) in [6, 6.07) is 3.99. The molecular weight excluding hydrogens is 371 g/mol. The summed E-state index contributed by atoms with van der Waals surface area (Å²) in [6.07, 6.45) is -3.72. The molecule has 2 rings (SSSR count). The van der Waals surface area contributed by atoms with Crippen LogP contribution in [-0.2, 0) is 21.0 Å². The number of nitrogens with zero attached hydrogens (tertiary/aromatic N) is 2. The molecule has 1 saturated heterocycles. The molecule has 1 aliphatic heterocycles. The first-order chi connectivity index (χ1) is 12.0. The van der Waals surface area contributed by atoms with Crippen molar-refractivity contribution in [2.24, 2.45) is 0 Å². The van der Waals surface area contributed by atoms with Gasteiger partial charge < -0.3 is 9.80 Å². The van der Waals surface area contributed by atoms with Crippen LogP contribution in [0.1, 0.15) is 12.5 Å². The maximum absolute atomic E-state index is 12.9. The molecule has 1 fully saturated rings. The van der Waals surface area contributed by atoms with Crippen LogP contribution in [0.3, 0.4) is 0 Å². The highest BCUT2D eigenvalue weighted by molar-refractivity contribution is 7.92. The Bertz CT molecular complexity index is 745. The number of amides is 1. The van der Waals surface area contributed by atoms with Crippen LogP contribution in [0.5, 0.6) is 0 Å². The van der Waals surface area contributed by atoms with E-state index in [1.807, 2.05) is 6.92 Å². The zero-order valence-electron chi connectivity index (χ0n) is 14.7. The van der Waals surface area contributed by atoms with Gasteiger partial charge in [-0.25, -0.2) is 8.42 Å². The van der Waals surface area contributed by atoms with Gasteiger partial charge in [0, 0.05) is 0 Å². The SMILES string of the molecule is CC[NH+]1CCN(C(=O)CN(c2cccc(C(F)(F)F)c2)S(C)(=O)=O)CC1.